The zero-order chi connectivity index (χ0) is 15.0. The van der Waals surface area contributed by atoms with Gasteiger partial charge in [0.1, 0.15) is 5.58 Å². The predicted octanol–water partition coefficient (Wildman–Crippen LogP) is 0.938. The van der Waals surface area contributed by atoms with E-state index in [0.29, 0.717) is 23.9 Å². The van der Waals surface area contributed by atoms with Gasteiger partial charge >= 0.3 is 5.63 Å². The lowest BCUT2D eigenvalue weighted by Gasteiger charge is -2.22. The number of fused-ring (bicyclic) bond motifs is 1. The van der Waals surface area contributed by atoms with E-state index in [0.717, 1.165) is 6.42 Å². The Balaban J connectivity index is 2.06. The predicted molar refractivity (Wildman–Crippen MR) is 76.5 cm³/mol. The van der Waals surface area contributed by atoms with Gasteiger partial charge in [0.25, 0.3) is 0 Å². The van der Waals surface area contributed by atoms with Crippen molar-refractivity contribution >= 4 is 21.0 Å². The molecule has 0 spiro atoms. The molecule has 2 aromatic rings. The van der Waals surface area contributed by atoms with Crippen LogP contribution in [0.15, 0.2) is 44.4 Å². The summed E-state index contributed by atoms with van der Waals surface area (Å²) in [6.07, 6.45) is 1.41. The molecule has 3 rings (SSSR count). The van der Waals surface area contributed by atoms with E-state index in [1.165, 1.54) is 34.6 Å². The smallest absolute Gasteiger partial charge is 0.336 e. The van der Waals surface area contributed by atoms with Gasteiger partial charge < -0.3 is 9.52 Å². The summed E-state index contributed by atoms with van der Waals surface area (Å²) in [5, 5.41) is 9.84. The average molecular weight is 309 g/mol. The minimum absolute atomic E-state index is 0.143. The fraction of sp³-hybridized carbons (Fsp3) is 0.357. The Hall–Kier alpha value is -1.70. The molecule has 1 aromatic heterocycles. The highest BCUT2D eigenvalue weighted by atomic mass is 32.2. The van der Waals surface area contributed by atoms with Crippen LogP contribution in [0.5, 0.6) is 0 Å². The minimum atomic E-state index is -3.65. The van der Waals surface area contributed by atoms with Gasteiger partial charge in [0, 0.05) is 24.0 Å². The molecule has 7 heteroatoms. The topological polar surface area (TPSA) is 87.8 Å². The number of rotatable bonds is 3. The van der Waals surface area contributed by atoms with Gasteiger partial charge in [-0.05, 0) is 37.1 Å². The van der Waals surface area contributed by atoms with Crippen LogP contribution in [0, 0.1) is 0 Å². The fourth-order valence-electron chi connectivity index (χ4n) is 2.65. The highest BCUT2D eigenvalue weighted by Crippen LogP contribution is 2.27. The van der Waals surface area contributed by atoms with Crippen molar-refractivity contribution in [1.82, 2.24) is 4.31 Å². The Morgan fingerprint density at radius 2 is 2.10 bits per heavy atom. The van der Waals surface area contributed by atoms with Crippen molar-refractivity contribution in [3.8, 4) is 0 Å². The highest BCUT2D eigenvalue weighted by molar-refractivity contribution is 7.89. The molecule has 0 unspecified atom stereocenters. The molecule has 2 heterocycles. The van der Waals surface area contributed by atoms with Crippen LogP contribution in [0.2, 0.25) is 0 Å². The molecular weight excluding hydrogens is 294 g/mol. The number of aliphatic hydroxyl groups is 1. The van der Waals surface area contributed by atoms with Crippen LogP contribution in [0.1, 0.15) is 12.8 Å². The summed E-state index contributed by atoms with van der Waals surface area (Å²) in [6, 6.07) is 6.82. The largest absolute Gasteiger partial charge is 0.423 e. The summed E-state index contributed by atoms with van der Waals surface area (Å²) in [4.78, 5) is 11.3. The first-order valence-electron chi connectivity index (χ1n) is 6.69. The molecule has 1 atom stereocenters. The molecule has 1 aliphatic rings. The molecule has 6 nitrogen and oxygen atoms in total. The third-order valence-corrected chi connectivity index (χ3v) is 5.68. The lowest BCUT2D eigenvalue weighted by molar-refractivity contribution is 0.213. The number of benzene rings is 1. The fourth-order valence-corrected chi connectivity index (χ4v) is 4.37. The Bertz CT molecular complexity index is 827. The Morgan fingerprint density at radius 3 is 2.86 bits per heavy atom. The van der Waals surface area contributed by atoms with E-state index < -0.39 is 15.6 Å². The molecule has 0 radical (unpaired) electrons. The lowest BCUT2D eigenvalue weighted by atomic mass is 10.2. The van der Waals surface area contributed by atoms with Crippen molar-refractivity contribution in [2.24, 2.45) is 0 Å². The highest BCUT2D eigenvalue weighted by Gasteiger charge is 2.34. The maximum atomic E-state index is 12.6. The first kappa shape index (κ1) is 14.2. The molecule has 1 aliphatic heterocycles. The van der Waals surface area contributed by atoms with Gasteiger partial charge in [-0.15, -0.1) is 0 Å². The van der Waals surface area contributed by atoms with Crippen LogP contribution in [0.4, 0.5) is 0 Å². The zero-order valence-electron chi connectivity index (χ0n) is 11.2. The van der Waals surface area contributed by atoms with Crippen LogP contribution >= 0.6 is 0 Å². The van der Waals surface area contributed by atoms with E-state index in [4.69, 9.17) is 4.42 Å². The van der Waals surface area contributed by atoms with Gasteiger partial charge in [-0.25, -0.2) is 13.2 Å². The molecule has 21 heavy (non-hydrogen) atoms. The normalized spacial score (nSPS) is 20.1. The van der Waals surface area contributed by atoms with Crippen molar-refractivity contribution in [2.75, 3.05) is 13.2 Å². The summed E-state index contributed by atoms with van der Waals surface area (Å²) in [7, 11) is -3.65. The molecule has 0 saturated carbocycles. The van der Waals surface area contributed by atoms with E-state index in [2.05, 4.69) is 0 Å². The molecule has 112 valence electrons. The Kier molecular flexibility index (Phi) is 3.56. The molecule has 1 saturated heterocycles. The molecule has 0 aliphatic carbocycles. The standard InChI is InChI=1S/C14H15NO5S/c16-9-11-2-1-7-15(11)21(18,19)12-4-5-13-10(8-12)3-6-14(17)20-13/h3-6,8,11,16H,1-2,7,9H2/t11-/m1/s1. The third kappa shape index (κ3) is 2.48. The van der Waals surface area contributed by atoms with Crippen LogP contribution in [-0.2, 0) is 10.0 Å². The number of hydrogen-bond acceptors (Lipinski definition) is 5. The number of hydrogen-bond donors (Lipinski definition) is 1. The first-order valence-corrected chi connectivity index (χ1v) is 8.13. The van der Waals surface area contributed by atoms with E-state index in [1.807, 2.05) is 0 Å². The average Bonchev–Trinajstić information content (AvgIpc) is 2.95. The Labute approximate surface area is 121 Å². The lowest BCUT2D eigenvalue weighted by Crippen LogP contribution is -2.37. The summed E-state index contributed by atoms with van der Waals surface area (Å²) in [6.45, 7) is 0.233. The van der Waals surface area contributed by atoms with Crippen molar-refractivity contribution in [2.45, 2.75) is 23.8 Å². The van der Waals surface area contributed by atoms with Crippen LogP contribution in [0.25, 0.3) is 11.0 Å². The molecule has 0 amide bonds. The van der Waals surface area contributed by atoms with Crippen molar-refractivity contribution in [3.05, 3.63) is 40.8 Å². The van der Waals surface area contributed by atoms with Crippen molar-refractivity contribution in [3.63, 3.8) is 0 Å². The molecular formula is C14H15NO5S. The molecule has 1 aromatic carbocycles. The van der Waals surface area contributed by atoms with Crippen molar-refractivity contribution < 1.29 is 17.9 Å². The van der Waals surface area contributed by atoms with E-state index >= 15 is 0 Å². The number of sulfonamides is 1. The van der Waals surface area contributed by atoms with Gasteiger partial charge in [-0.1, -0.05) is 0 Å². The maximum Gasteiger partial charge on any atom is 0.336 e. The van der Waals surface area contributed by atoms with Crippen LogP contribution < -0.4 is 5.63 Å². The van der Waals surface area contributed by atoms with Gasteiger partial charge in [-0.2, -0.15) is 4.31 Å². The third-order valence-electron chi connectivity index (χ3n) is 3.73. The first-order chi connectivity index (χ1) is 10.0. The Morgan fingerprint density at radius 1 is 1.29 bits per heavy atom. The van der Waals surface area contributed by atoms with Crippen LogP contribution in [-0.4, -0.2) is 37.0 Å². The molecule has 1 fully saturated rings. The summed E-state index contributed by atoms with van der Waals surface area (Å²) >= 11 is 0. The second-order valence-corrected chi connectivity index (χ2v) is 6.94. The van der Waals surface area contributed by atoms with Crippen LogP contribution in [0.3, 0.4) is 0 Å². The quantitative estimate of drug-likeness (QED) is 0.853. The summed E-state index contributed by atoms with van der Waals surface area (Å²) in [5.41, 5.74) is -0.125. The molecule has 1 N–H and O–H groups in total. The van der Waals surface area contributed by atoms with Gasteiger partial charge in [0.05, 0.1) is 11.5 Å². The second kappa shape index (κ2) is 5.25. The second-order valence-electron chi connectivity index (χ2n) is 5.05. The van der Waals surface area contributed by atoms with Gasteiger partial charge in [0.2, 0.25) is 10.0 Å². The number of aliphatic hydroxyl groups excluding tert-OH is 1. The van der Waals surface area contributed by atoms with Crippen molar-refractivity contribution in [1.29, 1.82) is 0 Å². The van der Waals surface area contributed by atoms with E-state index in [9.17, 15) is 18.3 Å². The SMILES string of the molecule is O=c1ccc2cc(S(=O)(=O)N3CCC[C@@H]3CO)ccc2o1. The minimum Gasteiger partial charge on any atom is -0.423 e. The zero-order valence-corrected chi connectivity index (χ0v) is 12.0. The monoisotopic (exact) mass is 309 g/mol. The van der Waals surface area contributed by atoms with Gasteiger partial charge in [-0.3, -0.25) is 0 Å². The van der Waals surface area contributed by atoms with E-state index in [-0.39, 0.29) is 17.5 Å². The van der Waals surface area contributed by atoms with E-state index in [1.54, 1.807) is 0 Å². The van der Waals surface area contributed by atoms with Gasteiger partial charge in [0.15, 0.2) is 0 Å². The summed E-state index contributed by atoms with van der Waals surface area (Å²) < 4.78 is 31.6. The molecule has 0 bridgehead atoms. The number of nitrogens with zero attached hydrogens (tertiary/aromatic N) is 1. The summed E-state index contributed by atoms with van der Waals surface area (Å²) in [5.74, 6) is 0. The maximum absolute atomic E-state index is 12.6.